The maximum absolute atomic E-state index is 13.5. The van der Waals surface area contributed by atoms with E-state index in [1.165, 1.54) is 12.1 Å². The third kappa shape index (κ3) is 5.65. The Morgan fingerprint density at radius 3 is 2.56 bits per heavy atom. The number of carbonyl (C=O) groups excluding carboxylic acids is 3. The summed E-state index contributed by atoms with van der Waals surface area (Å²) in [4.78, 5) is 48.4. The van der Waals surface area contributed by atoms with Crippen LogP contribution in [0.2, 0.25) is 0 Å². The van der Waals surface area contributed by atoms with Gasteiger partial charge < -0.3 is 14.7 Å². The van der Waals surface area contributed by atoms with Gasteiger partial charge in [-0.15, -0.1) is 0 Å². The molecule has 0 unspecified atom stereocenters. The van der Waals surface area contributed by atoms with E-state index < -0.39 is 0 Å². The zero-order valence-electron chi connectivity index (χ0n) is 22.8. The number of hydrogen-bond donors (Lipinski definition) is 0. The van der Waals surface area contributed by atoms with Crippen molar-refractivity contribution in [1.82, 2.24) is 29.3 Å². The summed E-state index contributed by atoms with van der Waals surface area (Å²) in [6, 6.07) is 7.97. The number of imidazole rings is 1. The zero-order chi connectivity index (χ0) is 27.7. The minimum atomic E-state index is -0.312. The molecule has 39 heavy (non-hydrogen) atoms. The Balaban J connectivity index is 1.28. The van der Waals surface area contributed by atoms with Crippen molar-refractivity contribution in [1.29, 1.82) is 0 Å². The van der Waals surface area contributed by atoms with E-state index >= 15 is 0 Å². The molecule has 2 aliphatic rings. The minimum absolute atomic E-state index is 0.0137. The van der Waals surface area contributed by atoms with Crippen molar-refractivity contribution in [2.75, 3.05) is 32.7 Å². The number of carbonyl (C=O) groups is 3. The minimum Gasteiger partial charge on any atom is -0.342 e. The molecule has 2 aliphatic heterocycles. The van der Waals surface area contributed by atoms with Crippen molar-refractivity contribution in [3.05, 3.63) is 53.6 Å². The number of piperazine rings is 1. The molecule has 0 spiro atoms. The van der Waals surface area contributed by atoms with Gasteiger partial charge in [-0.05, 0) is 56.0 Å². The molecule has 1 atom stereocenters. The van der Waals surface area contributed by atoms with E-state index in [4.69, 9.17) is 0 Å². The standard InChI is InChI=1S/C29H35FN6O3/c1-19(2)23-16-24(21-7-9-22(30)10-8-21)32-36-18-25(31-28(23)36)29(39)34-14-15-35(20(3)17-34)27(38)11-13-33-12-5-4-6-26(33)37/h7-10,16,18-20H,4-6,11-15,17H2,1-3H3/t20-/m0/s1. The van der Waals surface area contributed by atoms with Gasteiger partial charge in [0.2, 0.25) is 11.8 Å². The molecule has 10 heteroatoms. The van der Waals surface area contributed by atoms with E-state index in [0.29, 0.717) is 56.1 Å². The summed E-state index contributed by atoms with van der Waals surface area (Å²) in [5.41, 5.74) is 3.32. The quantitative estimate of drug-likeness (QED) is 0.481. The average molecular weight is 535 g/mol. The molecule has 9 nitrogen and oxygen atoms in total. The number of halogens is 1. The van der Waals surface area contributed by atoms with Crippen LogP contribution >= 0.6 is 0 Å². The van der Waals surface area contributed by atoms with E-state index in [2.05, 4.69) is 23.9 Å². The van der Waals surface area contributed by atoms with Crippen LogP contribution in [0.3, 0.4) is 0 Å². The van der Waals surface area contributed by atoms with Crippen LogP contribution < -0.4 is 0 Å². The molecule has 2 saturated heterocycles. The van der Waals surface area contributed by atoms with Crippen molar-refractivity contribution in [3.63, 3.8) is 0 Å². The average Bonchev–Trinajstić information content (AvgIpc) is 3.36. The highest BCUT2D eigenvalue weighted by atomic mass is 19.1. The zero-order valence-corrected chi connectivity index (χ0v) is 22.8. The first kappa shape index (κ1) is 26.8. The molecule has 4 heterocycles. The molecule has 3 aromatic rings. The van der Waals surface area contributed by atoms with Gasteiger partial charge in [-0.2, -0.15) is 5.10 Å². The Morgan fingerprint density at radius 1 is 1.10 bits per heavy atom. The molecule has 1 aromatic carbocycles. The summed E-state index contributed by atoms with van der Waals surface area (Å²) in [5.74, 6) is -0.233. The number of fused-ring (bicyclic) bond motifs is 1. The fourth-order valence-corrected chi connectivity index (χ4v) is 5.44. The lowest BCUT2D eigenvalue weighted by molar-refractivity contribution is -0.137. The van der Waals surface area contributed by atoms with E-state index in [1.807, 2.05) is 17.9 Å². The summed E-state index contributed by atoms with van der Waals surface area (Å²) in [7, 11) is 0. The van der Waals surface area contributed by atoms with Crippen LogP contribution in [0.1, 0.15) is 68.4 Å². The number of amides is 3. The molecule has 0 aliphatic carbocycles. The van der Waals surface area contributed by atoms with Crippen LogP contribution in [0.15, 0.2) is 36.5 Å². The third-order valence-electron chi connectivity index (χ3n) is 7.69. The molecule has 0 radical (unpaired) electrons. The van der Waals surface area contributed by atoms with Crippen LogP contribution in [0.4, 0.5) is 4.39 Å². The SMILES string of the molecule is CC(C)c1cc(-c2ccc(F)cc2)nn2cc(C(=O)N3CCN(C(=O)CCN4CCCCC4=O)[C@@H](C)C3)nc12. The van der Waals surface area contributed by atoms with Gasteiger partial charge in [0.1, 0.15) is 11.5 Å². The van der Waals surface area contributed by atoms with Crippen molar-refractivity contribution < 1.29 is 18.8 Å². The Kier molecular flexibility index (Phi) is 7.63. The molecule has 2 fully saturated rings. The molecular weight excluding hydrogens is 499 g/mol. The van der Waals surface area contributed by atoms with Gasteiger partial charge in [0.05, 0.1) is 11.9 Å². The lowest BCUT2D eigenvalue weighted by atomic mass is 10.0. The Bertz CT molecular complexity index is 1390. The largest absolute Gasteiger partial charge is 0.342 e. The normalized spacial score (nSPS) is 18.3. The first-order valence-corrected chi connectivity index (χ1v) is 13.7. The van der Waals surface area contributed by atoms with Crippen molar-refractivity contribution >= 4 is 23.4 Å². The summed E-state index contributed by atoms with van der Waals surface area (Å²) in [6.07, 6.45) is 4.43. The highest BCUT2D eigenvalue weighted by Crippen LogP contribution is 2.26. The fourth-order valence-electron chi connectivity index (χ4n) is 5.44. The molecule has 0 saturated carbocycles. The highest BCUT2D eigenvalue weighted by Gasteiger charge is 2.32. The van der Waals surface area contributed by atoms with Crippen LogP contribution in [0, 0.1) is 5.82 Å². The second-order valence-electron chi connectivity index (χ2n) is 10.8. The Morgan fingerprint density at radius 2 is 1.87 bits per heavy atom. The second kappa shape index (κ2) is 11.1. The van der Waals surface area contributed by atoms with Gasteiger partial charge in [-0.1, -0.05) is 13.8 Å². The molecule has 0 N–H and O–H groups in total. The smallest absolute Gasteiger partial charge is 0.274 e. The topological polar surface area (TPSA) is 91.1 Å². The maximum Gasteiger partial charge on any atom is 0.274 e. The number of rotatable bonds is 6. The van der Waals surface area contributed by atoms with E-state index in [0.717, 1.165) is 30.5 Å². The van der Waals surface area contributed by atoms with Crippen LogP contribution in [-0.4, -0.2) is 85.8 Å². The lowest BCUT2D eigenvalue weighted by Crippen LogP contribution is -2.55. The van der Waals surface area contributed by atoms with Crippen molar-refractivity contribution in [3.8, 4) is 11.3 Å². The number of hydrogen-bond acceptors (Lipinski definition) is 5. The number of piperidine rings is 1. The Hall–Kier alpha value is -3.82. The Labute approximate surface area is 227 Å². The van der Waals surface area contributed by atoms with Gasteiger partial charge in [0.15, 0.2) is 5.65 Å². The monoisotopic (exact) mass is 534 g/mol. The predicted molar refractivity (Wildman–Crippen MR) is 145 cm³/mol. The summed E-state index contributed by atoms with van der Waals surface area (Å²) >= 11 is 0. The second-order valence-corrected chi connectivity index (χ2v) is 10.8. The molecule has 206 valence electrons. The summed E-state index contributed by atoms with van der Waals surface area (Å²) in [5, 5.41) is 4.66. The van der Waals surface area contributed by atoms with Gasteiger partial charge in [0.25, 0.3) is 5.91 Å². The van der Waals surface area contributed by atoms with Gasteiger partial charge >= 0.3 is 0 Å². The number of benzene rings is 1. The number of aromatic nitrogens is 3. The van der Waals surface area contributed by atoms with Crippen LogP contribution in [0.25, 0.3) is 16.9 Å². The predicted octanol–water partition coefficient (Wildman–Crippen LogP) is 3.73. The van der Waals surface area contributed by atoms with Gasteiger partial charge in [-0.25, -0.2) is 13.9 Å². The van der Waals surface area contributed by atoms with Crippen molar-refractivity contribution in [2.24, 2.45) is 0 Å². The van der Waals surface area contributed by atoms with Crippen molar-refractivity contribution in [2.45, 2.75) is 58.4 Å². The highest BCUT2D eigenvalue weighted by molar-refractivity contribution is 5.93. The fraction of sp³-hybridized carbons (Fsp3) is 0.483. The maximum atomic E-state index is 13.5. The molecule has 3 amide bonds. The number of nitrogens with zero attached hydrogens (tertiary/aromatic N) is 6. The third-order valence-corrected chi connectivity index (χ3v) is 7.69. The molecule has 5 rings (SSSR count). The first-order chi connectivity index (χ1) is 18.7. The van der Waals surface area contributed by atoms with Gasteiger partial charge in [-0.3, -0.25) is 14.4 Å². The first-order valence-electron chi connectivity index (χ1n) is 13.7. The summed E-state index contributed by atoms with van der Waals surface area (Å²) in [6.45, 7) is 8.50. The van der Waals surface area contributed by atoms with E-state index in [9.17, 15) is 18.8 Å². The van der Waals surface area contributed by atoms with E-state index in [1.54, 1.807) is 32.6 Å². The van der Waals surface area contributed by atoms with Gasteiger partial charge in [0, 0.05) is 62.7 Å². The van der Waals surface area contributed by atoms with Crippen LogP contribution in [-0.2, 0) is 9.59 Å². The van der Waals surface area contributed by atoms with Crippen LogP contribution in [0.5, 0.6) is 0 Å². The molecular formula is C29H35FN6O3. The molecule has 2 aromatic heterocycles. The lowest BCUT2D eigenvalue weighted by Gasteiger charge is -2.40. The number of likely N-dealkylation sites (tertiary alicyclic amines) is 1. The summed E-state index contributed by atoms with van der Waals surface area (Å²) < 4.78 is 15.1. The molecule has 0 bridgehead atoms. The van der Waals surface area contributed by atoms with E-state index in [-0.39, 0.29) is 35.5 Å².